The SMILES string of the molecule is Cc1[nH]c2ccccc2c1C(=O)OC(C)C(=O)Nc1ccc(Cl)cc1F. The van der Waals surface area contributed by atoms with Crippen LogP contribution in [0, 0.1) is 12.7 Å². The van der Waals surface area contributed by atoms with E-state index >= 15 is 0 Å². The third-order valence-corrected chi connectivity index (χ3v) is 4.17. The molecule has 1 unspecified atom stereocenters. The van der Waals surface area contributed by atoms with Crippen molar-refractivity contribution in [2.75, 3.05) is 5.32 Å². The quantitative estimate of drug-likeness (QED) is 0.662. The molecule has 5 nitrogen and oxygen atoms in total. The highest BCUT2D eigenvalue weighted by Gasteiger charge is 2.23. The maximum Gasteiger partial charge on any atom is 0.341 e. The van der Waals surface area contributed by atoms with Gasteiger partial charge in [-0.3, -0.25) is 4.79 Å². The van der Waals surface area contributed by atoms with Crippen LogP contribution < -0.4 is 5.32 Å². The molecule has 26 heavy (non-hydrogen) atoms. The molecule has 1 heterocycles. The van der Waals surface area contributed by atoms with Gasteiger partial charge in [-0.15, -0.1) is 0 Å². The first-order valence-corrected chi connectivity index (χ1v) is 8.29. The minimum absolute atomic E-state index is 0.0365. The Morgan fingerprint density at radius 2 is 1.96 bits per heavy atom. The largest absolute Gasteiger partial charge is 0.449 e. The Hall–Kier alpha value is -2.86. The number of nitrogens with one attached hydrogen (secondary N) is 2. The average molecular weight is 375 g/mol. The first kappa shape index (κ1) is 17.9. The smallest absolute Gasteiger partial charge is 0.341 e. The summed E-state index contributed by atoms with van der Waals surface area (Å²) in [5.74, 6) is -1.94. The fraction of sp³-hybridized carbons (Fsp3) is 0.158. The van der Waals surface area contributed by atoms with Crippen molar-refractivity contribution in [3.8, 4) is 0 Å². The Morgan fingerprint density at radius 3 is 2.69 bits per heavy atom. The van der Waals surface area contributed by atoms with Crippen LogP contribution in [0.15, 0.2) is 42.5 Å². The number of aryl methyl sites for hydroxylation is 1. The number of hydrogen-bond donors (Lipinski definition) is 2. The van der Waals surface area contributed by atoms with Gasteiger partial charge in [-0.1, -0.05) is 29.8 Å². The van der Waals surface area contributed by atoms with Crippen molar-refractivity contribution in [1.29, 1.82) is 0 Å². The molecular weight excluding hydrogens is 359 g/mol. The molecule has 1 aromatic heterocycles. The van der Waals surface area contributed by atoms with Crippen LogP contribution in [0.2, 0.25) is 5.02 Å². The number of aromatic amines is 1. The van der Waals surface area contributed by atoms with Gasteiger partial charge < -0.3 is 15.0 Å². The highest BCUT2D eigenvalue weighted by Crippen LogP contribution is 2.23. The van der Waals surface area contributed by atoms with E-state index in [4.69, 9.17) is 16.3 Å². The lowest BCUT2D eigenvalue weighted by molar-refractivity contribution is -0.123. The van der Waals surface area contributed by atoms with Gasteiger partial charge >= 0.3 is 5.97 Å². The summed E-state index contributed by atoms with van der Waals surface area (Å²) >= 11 is 5.68. The highest BCUT2D eigenvalue weighted by molar-refractivity contribution is 6.30. The molecular formula is C19H16ClFN2O3. The first-order valence-electron chi connectivity index (χ1n) is 7.91. The second kappa shape index (κ2) is 7.17. The van der Waals surface area contributed by atoms with Crippen LogP contribution in [-0.2, 0) is 9.53 Å². The van der Waals surface area contributed by atoms with Crippen molar-refractivity contribution in [1.82, 2.24) is 4.98 Å². The van der Waals surface area contributed by atoms with Gasteiger partial charge in [0, 0.05) is 21.6 Å². The van der Waals surface area contributed by atoms with E-state index in [1.807, 2.05) is 18.2 Å². The predicted octanol–water partition coefficient (Wildman–Crippen LogP) is 4.45. The summed E-state index contributed by atoms with van der Waals surface area (Å²) in [5.41, 5.74) is 1.79. The monoisotopic (exact) mass is 374 g/mol. The second-order valence-corrected chi connectivity index (χ2v) is 6.27. The number of rotatable bonds is 4. The lowest BCUT2D eigenvalue weighted by atomic mass is 10.1. The number of hydrogen-bond acceptors (Lipinski definition) is 3. The lowest BCUT2D eigenvalue weighted by Crippen LogP contribution is -2.30. The van der Waals surface area contributed by atoms with E-state index in [0.717, 1.165) is 11.6 Å². The van der Waals surface area contributed by atoms with Gasteiger partial charge in [0.05, 0.1) is 11.3 Å². The van der Waals surface area contributed by atoms with Crippen molar-refractivity contribution in [3.63, 3.8) is 0 Å². The molecule has 0 bridgehead atoms. The zero-order valence-corrected chi connectivity index (χ0v) is 14.9. The molecule has 3 rings (SSSR count). The number of aromatic nitrogens is 1. The normalized spacial score (nSPS) is 12.0. The minimum Gasteiger partial charge on any atom is -0.449 e. The summed E-state index contributed by atoms with van der Waals surface area (Å²) in [7, 11) is 0. The molecule has 1 amide bonds. The number of fused-ring (bicyclic) bond motifs is 1. The molecule has 0 spiro atoms. The van der Waals surface area contributed by atoms with Crippen molar-refractivity contribution in [2.24, 2.45) is 0 Å². The number of esters is 1. The number of carbonyl (C=O) groups excluding carboxylic acids is 2. The standard InChI is InChI=1S/C19H16ClFN2O3/c1-10-17(13-5-3-4-6-15(13)22-10)19(25)26-11(2)18(24)23-16-8-7-12(20)9-14(16)21/h3-9,11,22H,1-2H3,(H,23,24). The third-order valence-electron chi connectivity index (χ3n) is 3.94. The molecule has 7 heteroatoms. The summed E-state index contributed by atoms with van der Waals surface area (Å²) < 4.78 is 19.0. The van der Waals surface area contributed by atoms with Gasteiger partial charge in [-0.05, 0) is 38.1 Å². The van der Waals surface area contributed by atoms with Crippen LogP contribution in [0.3, 0.4) is 0 Å². The lowest BCUT2D eigenvalue weighted by Gasteiger charge is -2.14. The van der Waals surface area contributed by atoms with E-state index in [9.17, 15) is 14.0 Å². The predicted molar refractivity (Wildman–Crippen MR) is 98.0 cm³/mol. The molecule has 1 atom stereocenters. The van der Waals surface area contributed by atoms with Crippen molar-refractivity contribution < 1.29 is 18.7 Å². The summed E-state index contributed by atoms with van der Waals surface area (Å²) in [6, 6.07) is 11.2. The molecule has 0 aliphatic carbocycles. The Bertz CT molecular complexity index is 1000. The zero-order chi connectivity index (χ0) is 18.8. The van der Waals surface area contributed by atoms with Crippen LogP contribution in [0.4, 0.5) is 10.1 Å². The number of anilines is 1. The molecule has 0 aliphatic heterocycles. The van der Waals surface area contributed by atoms with Crippen LogP contribution in [0.5, 0.6) is 0 Å². The summed E-state index contributed by atoms with van der Waals surface area (Å²) in [4.78, 5) is 27.8. The molecule has 0 saturated heterocycles. The molecule has 0 radical (unpaired) electrons. The molecule has 0 aliphatic rings. The van der Waals surface area contributed by atoms with Crippen molar-refractivity contribution in [3.05, 3.63) is 64.6 Å². The number of para-hydroxylation sites is 1. The maximum atomic E-state index is 13.8. The topological polar surface area (TPSA) is 71.2 Å². The Kier molecular flexibility index (Phi) is 4.95. The van der Waals surface area contributed by atoms with Crippen LogP contribution in [0.1, 0.15) is 23.0 Å². The second-order valence-electron chi connectivity index (χ2n) is 5.83. The number of carbonyl (C=O) groups is 2. The van der Waals surface area contributed by atoms with E-state index in [0.29, 0.717) is 16.6 Å². The highest BCUT2D eigenvalue weighted by atomic mass is 35.5. The van der Waals surface area contributed by atoms with Gasteiger partial charge in [0.15, 0.2) is 6.10 Å². The maximum absolute atomic E-state index is 13.8. The van der Waals surface area contributed by atoms with E-state index in [1.54, 1.807) is 13.0 Å². The third kappa shape index (κ3) is 3.55. The number of amides is 1. The molecule has 2 aromatic carbocycles. The van der Waals surface area contributed by atoms with Gasteiger partial charge in [0.1, 0.15) is 5.82 Å². The van der Waals surface area contributed by atoms with Crippen LogP contribution >= 0.6 is 11.6 Å². The fourth-order valence-corrected chi connectivity index (χ4v) is 2.80. The van der Waals surface area contributed by atoms with Crippen molar-refractivity contribution in [2.45, 2.75) is 20.0 Å². The Morgan fingerprint density at radius 1 is 1.23 bits per heavy atom. The average Bonchev–Trinajstić information content (AvgIpc) is 2.92. The summed E-state index contributed by atoms with van der Waals surface area (Å²) in [5, 5.41) is 3.31. The molecule has 134 valence electrons. The first-order chi connectivity index (χ1) is 12.4. The van der Waals surface area contributed by atoms with E-state index in [2.05, 4.69) is 10.3 Å². The van der Waals surface area contributed by atoms with E-state index in [-0.39, 0.29) is 10.7 Å². The molecule has 0 fully saturated rings. The van der Waals surface area contributed by atoms with Crippen LogP contribution in [-0.4, -0.2) is 23.0 Å². The summed E-state index contributed by atoms with van der Waals surface area (Å²) in [6.07, 6.45) is -1.11. The Labute approximate surface area is 154 Å². The molecule has 0 saturated carbocycles. The fourth-order valence-electron chi connectivity index (χ4n) is 2.64. The van der Waals surface area contributed by atoms with Gasteiger partial charge in [-0.2, -0.15) is 0 Å². The summed E-state index contributed by atoms with van der Waals surface area (Å²) in [6.45, 7) is 3.18. The van der Waals surface area contributed by atoms with Gasteiger partial charge in [0.2, 0.25) is 0 Å². The number of halogens is 2. The zero-order valence-electron chi connectivity index (χ0n) is 14.1. The number of ether oxygens (including phenoxy) is 1. The number of H-pyrrole nitrogens is 1. The molecule has 2 N–H and O–H groups in total. The van der Waals surface area contributed by atoms with E-state index < -0.39 is 23.8 Å². The van der Waals surface area contributed by atoms with Gasteiger partial charge in [0.25, 0.3) is 5.91 Å². The van der Waals surface area contributed by atoms with Gasteiger partial charge in [-0.25, -0.2) is 9.18 Å². The minimum atomic E-state index is -1.11. The number of benzene rings is 2. The van der Waals surface area contributed by atoms with E-state index in [1.165, 1.54) is 19.1 Å². The van der Waals surface area contributed by atoms with Crippen molar-refractivity contribution >= 4 is 40.1 Å². The molecule has 3 aromatic rings. The van der Waals surface area contributed by atoms with Crippen LogP contribution in [0.25, 0.3) is 10.9 Å². The Balaban J connectivity index is 1.74.